The first-order valence-corrected chi connectivity index (χ1v) is 5.37. The zero-order valence-corrected chi connectivity index (χ0v) is 9.55. The Kier molecular flexibility index (Phi) is 3.10. The second kappa shape index (κ2) is 4.70. The van der Waals surface area contributed by atoms with Gasteiger partial charge in [-0.05, 0) is 6.42 Å². The van der Waals surface area contributed by atoms with Gasteiger partial charge in [-0.3, -0.25) is 0 Å². The summed E-state index contributed by atoms with van der Waals surface area (Å²) in [6, 6.07) is 0. The van der Waals surface area contributed by atoms with E-state index in [1.807, 2.05) is 4.57 Å². The Morgan fingerprint density at radius 3 is 3.06 bits per heavy atom. The predicted molar refractivity (Wildman–Crippen MR) is 64.1 cm³/mol. The normalized spacial score (nSPS) is 10.4. The minimum atomic E-state index is 0.126. The zero-order valence-electron chi connectivity index (χ0n) is 9.55. The van der Waals surface area contributed by atoms with E-state index < -0.39 is 0 Å². The molecule has 0 saturated heterocycles. The molecule has 0 aliphatic heterocycles. The minimum absolute atomic E-state index is 0.126. The Morgan fingerprint density at radius 2 is 2.35 bits per heavy atom. The lowest BCUT2D eigenvalue weighted by Gasteiger charge is -2.03. The van der Waals surface area contributed by atoms with Gasteiger partial charge in [0, 0.05) is 6.54 Å². The molecule has 2 aromatic heterocycles. The molecule has 0 aliphatic rings. The molecule has 0 spiro atoms. The molecular weight excluding hydrogens is 218 g/mol. The molecular formula is C11H13N5O. The molecule has 2 aromatic rings. The molecule has 6 nitrogen and oxygen atoms in total. The number of nitrogens with two attached hydrogens (primary N) is 1. The average molecular weight is 231 g/mol. The number of unbranched alkanes of at least 4 members (excludes halogenated alkanes) is 1. The van der Waals surface area contributed by atoms with Crippen LogP contribution < -0.4 is 10.5 Å². The summed E-state index contributed by atoms with van der Waals surface area (Å²) in [6.45, 7) is 2.95. The molecule has 2 N–H and O–H groups in total. The number of hydrogen-bond donors (Lipinski definition) is 1. The smallest absolute Gasteiger partial charge is 0.263 e. The van der Waals surface area contributed by atoms with Gasteiger partial charge in [-0.25, -0.2) is 4.98 Å². The summed E-state index contributed by atoms with van der Waals surface area (Å²) in [4.78, 5) is 12.3. The van der Waals surface area contributed by atoms with E-state index in [2.05, 4.69) is 28.0 Å². The molecule has 2 rings (SSSR count). The first-order chi connectivity index (χ1) is 8.26. The van der Waals surface area contributed by atoms with Crippen molar-refractivity contribution in [2.75, 3.05) is 5.73 Å². The Labute approximate surface area is 98.8 Å². The highest BCUT2D eigenvalue weighted by molar-refractivity contribution is 5.77. The molecule has 17 heavy (non-hydrogen) atoms. The molecule has 0 aromatic carbocycles. The van der Waals surface area contributed by atoms with E-state index in [0.29, 0.717) is 11.2 Å². The maximum Gasteiger partial charge on any atom is 0.263 e. The number of fused-ring (bicyclic) bond motifs is 1. The number of aryl methyl sites for hydroxylation is 1. The van der Waals surface area contributed by atoms with Crippen molar-refractivity contribution >= 4 is 17.1 Å². The molecule has 0 atom stereocenters. The molecule has 6 heteroatoms. The molecule has 0 unspecified atom stereocenters. The van der Waals surface area contributed by atoms with Gasteiger partial charge in [-0.15, -0.1) is 0 Å². The topological polar surface area (TPSA) is 78.8 Å². The van der Waals surface area contributed by atoms with Crippen molar-refractivity contribution in [3.05, 3.63) is 6.33 Å². The third-order valence-electron chi connectivity index (χ3n) is 2.36. The lowest BCUT2D eigenvalue weighted by molar-refractivity contribution is 0.504. The second-order valence-corrected chi connectivity index (χ2v) is 3.57. The first-order valence-electron chi connectivity index (χ1n) is 5.37. The second-order valence-electron chi connectivity index (χ2n) is 3.57. The van der Waals surface area contributed by atoms with Gasteiger partial charge in [0.15, 0.2) is 11.2 Å². The van der Waals surface area contributed by atoms with Crippen LogP contribution in [-0.4, -0.2) is 19.5 Å². The van der Waals surface area contributed by atoms with E-state index in [1.165, 1.54) is 0 Å². The van der Waals surface area contributed by atoms with Crippen LogP contribution in [0.25, 0.3) is 11.2 Å². The number of aromatic nitrogens is 4. The summed E-state index contributed by atoms with van der Waals surface area (Å²) in [5, 5.41) is 0. The molecule has 88 valence electrons. The van der Waals surface area contributed by atoms with Crippen molar-refractivity contribution in [3.63, 3.8) is 0 Å². The van der Waals surface area contributed by atoms with Crippen LogP contribution in [0.2, 0.25) is 0 Å². The largest absolute Gasteiger partial charge is 0.385 e. The summed E-state index contributed by atoms with van der Waals surface area (Å²) < 4.78 is 6.86. The quantitative estimate of drug-likeness (QED) is 0.799. The fourth-order valence-electron chi connectivity index (χ4n) is 1.55. The Bertz CT molecular complexity index is 569. The van der Waals surface area contributed by atoms with Gasteiger partial charge >= 0.3 is 0 Å². The number of hydrogen-bond acceptors (Lipinski definition) is 5. The summed E-state index contributed by atoms with van der Waals surface area (Å²) >= 11 is 0. The number of ether oxygens (including phenoxy) is 1. The summed E-state index contributed by atoms with van der Waals surface area (Å²) in [5.74, 6) is 0.353. The summed E-state index contributed by atoms with van der Waals surface area (Å²) in [6.07, 6.45) is 11.0. The van der Waals surface area contributed by atoms with Gasteiger partial charge in [0.1, 0.15) is 6.11 Å². The van der Waals surface area contributed by atoms with Gasteiger partial charge < -0.3 is 15.0 Å². The van der Waals surface area contributed by atoms with Gasteiger partial charge in [0.25, 0.3) is 5.88 Å². The van der Waals surface area contributed by atoms with Crippen LogP contribution in [0.5, 0.6) is 5.88 Å². The third-order valence-corrected chi connectivity index (χ3v) is 2.36. The molecule has 0 radical (unpaired) electrons. The SMILES string of the molecule is C#COc1nc(N)nc2c1ncn2CCCC. The first kappa shape index (κ1) is 11.2. The summed E-state index contributed by atoms with van der Waals surface area (Å²) in [5.41, 5.74) is 6.78. The van der Waals surface area contributed by atoms with Crippen molar-refractivity contribution in [3.8, 4) is 18.4 Å². The number of nitrogens with zero attached hydrogens (tertiary/aromatic N) is 4. The van der Waals surface area contributed by atoms with E-state index in [1.54, 1.807) is 6.33 Å². The van der Waals surface area contributed by atoms with Crippen LogP contribution in [0.1, 0.15) is 19.8 Å². The Morgan fingerprint density at radius 1 is 1.53 bits per heavy atom. The molecule has 0 fully saturated rings. The maximum absolute atomic E-state index is 5.60. The number of anilines is 1. The van der Waals surface area contributed by atoms with Crippen LogP contribution in [0.15, 0.2) is 6.33 Å². The van der Waals surface area contributed by atoms with Gasteiger partial charge in [0.05, 0.1) is 6.33 Å². The highest BCUT2D eigenvalue weighted by Crippen LogP contribution is 2.21. The van der Waals surface area contributed by atoms with E-state index in [9.17, 15) is 0 Å². The van der Waals surface area contributed by atoms with Crippen LogP contribution in [0.4, 0.5) is 5.95 Å². The summed E-state index contributed by atoms with van der Waals surface area (Å²) in [7, 11) is 0. The van der Waals surface area contributed by atoms with Crippen LogP contribution in [0, 0.1) is 12.5 Å². The number of rotatable bonds is 4. The van der Waals surface area contributed by atoms with Gasteiger partial charge in [-0.2, -0.15) is 9.97 Å². The van der Waals surface area contributed by atoms with Crippen LogP contribution in [0.3, 0.4) is 0 Å². The Hall–Kier alpha value is -2.29. The number of imidazole rings is 1. The predicted octanol–water partition coefficient (Wildman–Crippen LogP) is 1.18. The third kappa shape index (κ3) is 2.13. The van der Waals surface area contributed by atoms with Crippen molar-refractivity contribution in [2.24, 2.45) is 0 Å². The molecule has 0 amide bonds. The van der Waals surface area contributed by atoms with Crippen LogP contribution >= 0.6 is 0 Å². The number of terminal acetylenes is 1. The molecule has 0 aliphatic carbocycles. The highest BCUT2D eigenvalue weighted by atomic mass is 16.5. The molecule has 0 bridgehead atoms. The highest BCUT2D eigenvalue weighted by Gasteiger charge is 2.12. The lowest BCUT2D eigenvalue weighted by atomic mass is 10.3. The standard InChI is InChI=1S/C11H13N5O/c1-3-5-6-16-7-13-8-9(16)14-11(12)15-10(8)17-4-2/h2,7H,3,5-6H2,1H3,(H2,12,14,15). The van der Waals surface area contributed by atoms with Gasteiger partial charge in [-0.1, -0.05) is 19.8 Å². The van der Waals surface area contributed by atoms with Crippen molar-refractivity contribution in [1.29, 1.82) is 0 Å². The van der Waals surface area contributed by atoms with Gasteiger partial charge in [0.2, 0.25) is 5.95 Å². The van der Waals surface area contributed by atoms with E-state index >= 15 is 0 Å². The lowest BCUT2D eigenvalue weighted by Crippen LogP contribution is -2.02. The molecule has 0 saturated carbocycles. The zero-order chi connectivity index (χ0) is 12.3. The monoisotopic (exact) mass is 231 g/mol. The minimum Gasteiger partial charge on any atom is -0.385 e. The van der Waals surface area contributed by atoms with Crippen molar-refractivity contribution in [2.45, 2.75) is 26.3 Å². The van der Waals surface area contributed by atoms with E-state index in [0.717, 1.165) is 19.4 Å². The number of nitrogen functional groups attached to an aromatic ring is 1. The maximum atomic E-state index is 5.60. The Balaban J connectivity index is 2.49. The average Bonchev–Trinajstić information content (AvgIpc) is 2.70. The van der Waals surface area contributed by atoms with E-state index in [-0.39, 0.29) is 11.8 Å². The fraction of sp³-hybridized carbons (Fsp3) is 0.364. The van der Waals surface area contributed by atoms with E-state index in [4.69, 9.17) is 16.9 Å². The fourth-order valence-corrected chi connectivity index (χ4v) is 1.55. The van der Waals surface area contributed by atoms with Crippen molar-refractivity contribution in [1.82, 2.24) is 19.5 Å². The molecule has 2 heterocycles. The van der Waals surface area contributed by atoms with Crippen molar-refractivity contribution < 1.29 is 4.74 Å². The van der Waals surface area contributed by atoms with Crippen LogP contribution in [-0.2, 0) is 6.54 Å².